The van der Waals surface area contributed by atoms with Crippen LogP contribution in [0.5, 0.6) is 0 Å². The average molecular weight is 350 g/mol. The molecule has 1 atom stereocenters. The third-order valence-electron chi connectivity index (χ3n) is 2.92. The van der Waals surface area contributed by atoms with E-state index in [9.17, 15) is 13.2 Å². The Labute approximate surface area is 138 Å². The van der Waals surface area contributed by atoms with Gasteiger partial charge >= 0.3 is 6.18 Å². The van der Waals surface area contributed by atoms with Crippen LogP contribution in [0.4, 0.5) is 13.2 Å². The second kappa shape index (κ2) is 6.64. The second-order valence-electron chi connectivity index (χ2n) is 4.57. The summed E-state index contributed by atoms with van der Waals surface area (Å²) in [4.78, 5) is 4.89. The Balaban J connectivity index is 2.25. The smallest absolute Gasteiger partial charge is 0.291 e. The van der Waals surface area contributed by atoms with Gasteiger partial charge in [-0.15, -0.1) is 11.3 Å². The van der Waals surface area contributed by atoms with E-state index in [2.05, 4.69) is 10.1 Å². The van der Waals surface area contributed by atoms with E-state index in [1.807, 2.05) is 0 Å². The molecule has 0 aliphatic carbocycles. The van der Waals surface area contributed by atoms with Crippen molar-refractivity contribution in [3.8, 4) is 22.7 Å². The Morgan fingerprint density at radius 2 is 2.17 bits per heavy atom. The van der Waals surface area contributed by atoms with Crippen LogP contribution in [0.3, 0.4) is 0 Å². The van der Waals surface area contributed by atoms with Crippen molar-refractivity contribution in [3.63, 3.8) is 0 Å². The fourth-order valence-electron chi connectivity index (χ4n) is 1.79. The molecule has 24 heavy (non-hydrogen) atoms. The lowest BCUT2D eigenvalue weighted by molar-refractivity contribution is -0.143. The Kier molecular flexibility index (Phi) is 4.81. The van der Waals surface area contributed by atoms with Crippen LogP contribution in [-0.2, 0) is 13.2 Å². The zero-order valence-electron chi connectivity index (χ0n) is 12.2. The van der Waals surface area contributed by atoms with Gasteiger partial charge in [0.1, 0.15) is 23.2 Å². The number of nitrogens with one attached hydrogen (secondary N) is 1. The molecule has 122 valence electrons. The van der Waals surface area contributed by atoms with Crippen LogP contribution in [-0.4, -0.2) is 27.7 Å². The Bertz CT molecular complexity index is 878. The number of nitriles is 2. The van der Waals surface area contributed by atoms with E-state index in [-0.39, 0.29) is 5.69 Å². The number of alkyl halides is 3. The van der Waals surface area contributed by atoms with E-state index in [0.717, 1.165) is 22.1 Å². The van der Waals surface area contributed by atoms with Gasteiger partial charge in [0.15, 0.2) is 6.04 Å². The molecular formula is C14H9F3N6S. The van der Waals surface area contributed by atoms with Gasteiger partial charge in [-0.1, -0.05) is 0 Å². The molecule has 0 unspecified atom stereocenters. The maximum absolute atomic E-state index is 12.8. The summed E-state index contributed by atoms with van der Waals surface area (Å²) < 4.78 is 39.1. The second-order valence-corrected chi connectivity index (χ2v) is 5.69. The molecule has 2 aromatic rings. The summed E-state index contributed by atoms with van der Waals surface area (Å²) in [5, 5.41) is 28.5. The topological polar surface area (TPSA) is 102 Å². The summed E-state index contributed by atoms with van der Waals surface area (Å²) in [7, 11) is 1.22. The summed E-state index contributed by atoms with van der Waals surface area (Å²) in [6, 6.07) is 6.19. The fourth-order valence-corrected chi connectivity index (χ4v) is 2.64. The number of nitrogens with zero attached hydrogens (tertiary/aromatic N) is 5. The van der Waals surface area contributed by atoms with Crippen molar-refractivity contribution >= 4 is 23.3 Å². The van der Waals surface area contributed by atoms with Gasteiger partial charge < -0.3 is 0 Å². The number of thiophene rings is 1. The summed E-state index contributed by atoms with van der Waals surface area (Å²) >= 11 is 1.14. The molecule has 0 saturated heterocycles. The molecule has 0 spiro atoms. The van der Waals surface area contributed by atoms with Gasteiger partial charge in [0, 0.05) is 18.1 Å². The Hall–Kier alpha value is -2.98. The third-order valence-corrected chi connectivity index (χ3v) is 3.96. The van der Waals surface area contributed by atoms with Crippen molar-refractivity contribution in [3.05, 3.63) is 28.8 Å². The molecule has 0 amide bonds. The lowest BCUT2D eigenvalue weighted by atomic mass is 10.2. The highest BCUT2D eigenvalue weighted by Gasteiger charge is 2.35. The van der Waals surface area contributed by atoms with Crippen molar-refractivity contribution in [1.29, 1.82) is 15.9 Å². The SMILES string of the molecule is Cn1nc(-c2ccc(C=N[C@H](C#N)C(=N)C#N)s2)cc1C(F)(F)F. The maximum atomic E-state index is 12.8. The van der Waals surface area contributed by atoms with Crippen LogP contribution in [0.1, 0.15) is 10.6 Å². The first-order valence-electron chi connectivity index (χ1n) is 6.39. The first kappa shape index (κ1) is 17.4. The zero-order chi connectivity index (χ0) is 17.9. The predicted molar refractivity (Wildman–Crippen MR) is 81.9 cm³/mol. The number of aryl methyl sites for hydroxylation is 1. The number of aromatic nitrogens is 2. The zero-order valence-corrected chi connectivity index (χ0v) is 13.0. The summed E-state index contributed by atoms with van der Waals surface area (Å²) in [6.07, 6.45) is -3.18. The van der Waals surface area contributed by atoms with Crippen LogP contribution in [0, 0.1) is 28.1 Å². The van der Waals surface area contributed by atoms with Crippen molar-refractivity contribution in [2.45, 2.75) is 12.2 Å². The van der Waals surface area contributed by atoms with Crippen molar-refractivity contribution < 1.29 is 13.2 Å². The summed E-state index contributed by atoms with van der Waals surface area (Å²) in [5.41, 5.74) is -1.16. The molecule has 0 bridgehead atoms. The first-order chi connectivity index (χ1) is 11.3. The monoisotopic (exact) mass is 350 g/mol. The molecule has 0 fully saturated rings. The fraction of sp³-hybridized carbons (Fsp3) is 0.214. The van der Waals surface area contributed by atoms with E-state index in [0.29, 0.717) is 9.75 Å². The largest absolute Gasteiger partial charge is 0.433 e. The maximum Gasteiger partial charge on any atom is 0.433 e. The van der Waals surface area contributed by atoms with Crippen LogP contribution in [0.25, 0.3) is 10.6 Å². The van der Waals surface area contributed by atoms with Gasteiger partial charge in [0.25, 0.3) is 0 Å². The third kappa shape index (κ3) is 3.67. The quantitative estimate of drug-likeness (QED) is 0.857. The minimum absolute atomic E-state index is 0.177. The van der Waals surface area contributed by atoms with E-state index in [1.54, 1.807) is 18.2 Å². The average Bonchev–Trinajstić information content (AvgIpc) is 3.13. The van der Waals surface area contributed by atoms with E-state index in [4.69, 9.17) is 15.9 Å². The van der Waals surface area contributed by atoms with Gasteiger partial charge in [0.05, 0.1) is 10.9 Å². The molecule has 0 aliphatic rings. The molecule has 0 aliphatic heterocycles. The number of rotatable bonds is 4. The summed E-state index contributed by atoms with van der Waals surface area (Å²) in [5.74, 6) is 0. The molecule has 6 nitrogen and oxygen atoms in total. The molecule has 0 saturated carbocycles. The Morgan fingerprint density at radius 1 is 1.46 bits per heavy atom. The van der Waals surface area contributed by atoms with Crippen molar-refractivity contribution in [2.75, 3.05) is 0 Å². The first-order valence-corrected chi connectivity index (χ1v) is 7.20. The predicted octanol–water partition coefficient (Wildman–Crippen LogP) is 3.02. The van der Waals surface area contributed by atoms with E-state index < -0.39 is 23.6 Å². The van der Waals surface area contributed by atoms with Crippen molar-refractivity contribution in [1.82, 2.24) is 9.78 Å². The molecule has 2 heterocycles. The van der Waals surface area contributed by atoms with Crippen molar-refractivity contribution in [2.24, 2.45) is 12.0 Å². The highest BCUT2D eigenvalue weighted by molar-refractivity contribution is 7.17. The highest BCUT2D eigenvalue weighted by Crippen LogP contribution is 2.33. The van der Waals surface area contributed by atoms with Gasteiger partial charge in [0.2, 0.25) is 0 Å². The summed E-state index contributed by atoms with van der Waals surface area (Å²) in [6.45, 7) is 0. The number of hydrogen-bond donors (Lipinski definition) is 1. The van der Waals surface area contributed by atoms with Crippen LogP contribution < -0.4 is 0 Å². The van der Waals surface area contributed by atoms with Gasteiger partial charge in [-0.2, -0.15) is 28.8 Å². The molecule has 10 heteroatoms. The van der Waals surface area contributed by atoms with Crippen LogP contribution in [0.2, 0.25) is 0 Å². The van der Waals surface area contributed by atoms with E-state index >= 15 is 0 Å². The molecule has 0 radical (unpaired) electrons. The normalized spacial score (nSPS) is 12.8. The van der Waals surface area contributed by atoms with E-state index in [1.165, 1.54) is 19.3 Å². The lowest BCUT2D eigenvalue weighted by Crippen LogP contribution is -2.13. The lowest BCUT2D eigenvalue weighted by Gasteiger charge is -2.04. The molecule has 2 rings (SSSR count). The standard InChI is InChI=1S/C14H9F3N6S/c1-23-13(14(15,16)17)4-10(22-23)12-3-2-8(24-12)7-21-11(6-19)9(20)5-18/h2-4,7,11,20H,1H3/t11-/m1/s1. The molecular weight excluding hydrogens is 341 g/mol. The highest BCUT2D eigenvalue weighted by atomic mass is 32.1. The molecule has 2 aromatic heterocycles. The van der Waals surface area contributed by atoms with Gasteiger partial charge in [-0.25, -0.2) is 0 Å². The van der Waals surface area contributed by atoms with Gasteiger partial charge in [-0.3, -0.25) is 15.1 Å². The number of hydrogen-bond acceptors (Lipinski definition) is 6. The number of halogens is 3. The molecule has 1 N–H and O–H groups in total. The minimum Gasteiger partial charge on any atom is -0.291 e. The van der Waals surface area contributed by atoms with Crippen LogP contribution >= 0.6 is 11.3 Å². The Morgan fingerprint density at radius 3 is 2.71 bits per heavy atom. The molecule has 0 aromatic carbocycles. The minimum atomic E-state index is -4.49. The number of aliphatic imine (C=N–C) groups is 1. The van der Waals surface area contributed by atoms with Crippen LogP contribution in [0.15, 0.2) is 23.2 Å². The van der Waals surface area contributed by atoms with Gasteiger partial charge in [-0.05, 0) is 18.2 Å².